The highest BCUT2D eigenvalue weighted by molar-refractivity contribution is 6.17. The molecule has 7 nitrogen and oxygen atoms in total. The molecule has 0 aromatic heterocycles. The zero-order valence-electron chi connectivity index (χ0n) is 10.9. The predicted octanol–water partition coefficient (Wildman–Crippen LogP) is -0.242. The van der Waals surface area contributed by atoms with Crippen molar-refractivity contribution in [3.63, 3.8) is 0 Å². The Morgan fingerprint density at radius 2 is 2.05 bits per heavy atom. The van der Waals surface area contributed by atoms with E-state index < -0.39 is 29.8 Å². The van der Waals surface area contributed by atoms with E-state index in [2.05, 4.69) is 10.6 Å². The van der Waals surface area contributed by atoms with Gasteiger partial charge in [-0.05, 0) is 26.2 Å². The minimum absolute atomic E-state index is 0.154. The number of hydrogen-bond donors (Lipinski definition) is 2. The molecule has 2 rings (SSSR count). The van der Waals surface area contributed by atoms with E-state index in [1.807, 2.05) is 0 Å². The lowest BCUT2D eigenvalue weighted by Crippen LogP contribution is -2.62. The molecule has 5 amide bonds. The van der Waals surface area contributed by atoms with Crippen LogP contribution in [0.1, 0.15) is 33.1 Å². The number of rotatable bonds is 4. The summed E-state index contributed by atoms with van der Waals surface area (Å²) in [5.74, 6) is -2.46. The number of imide groups is 2. The van der Waals surface area contributed by atoms with Gasteiger partial charge in [-0.2, -0.15) is 0 Å². The van der Waals surface area contributed by atoms with Crippen molar-refractivity contribution in [2.45, 2.75) is 45.2 Å². The fourth-order valence-electron chi connectivity index (χ4n) is 2.03. The molecule has 0 radical (unpaired) electrons. The van der Waals surface area contributed by atoms with Crippen LogP contribution in [0.4, 0.5) is 4.79 Å². The van der Waals surface area contributed by atoms with Gasteiger partial charge in [0.05, 0.1) is 0 Å². The van der Waals surface area contributed by atoms with Crippen LogP contribution >= 0.6 is 0 Å². The fourth-order valence-corrected chi connectivity index (χ4v) is 2.03. The second-order valence-electron chi connectivity index (χ2n) is 4.92. The third-order valence-electron chi connectivity index (χ3n) is 3.40. The first-order chi connectivity index (χ1) is 8.95. The van der Waals surface area contributed by atoms with Crippen LogP contribution in [0.3, 0.4) is 0 Å². The first kappa shape index (κ1) is 13.5. The number of barbiturate groups is 1. The summed E-state index contributed by atoms with van der Waals surface area (Å²) in [4.78, 5) is 48.0. The van der Waals surface area contributed by atoms with Gasteiger partial charge < -0.3 is 5.32 Å². The monoisotopic (exact) mass is 267 g/mol. The lowest BCUT2D eigenvalue weighted by Gasteiger charge is -2.33. The van der Waals surface area contributed by atoms with Crippen LogP contribution in [0, 0.1) is 5.92 Å². The summed E-state index contributed by atoms with van der Waals surface area (Å²) in [5.41, 5.74) is 0. The molecule has 0 spiro atoms. The van der Waals surface area contributed by atoms with Gasteiger partial charge in [0, 0.05) is 6.04 Å². The topological polar surface area (TPSA) is 95.6 Å². The number of carbonyl (C=O) groups excluding carboxylic acids is 4. The maximum Gasteiger partial charge on any atom is 0.331 e. The first-order valence-corrected chi connectivity index (χ1v) is 6.44. The summed E-state index contributed by atoms with van der Waals surface area (Å²) in [7, 11) is 0. The van der Waals surface area contributed by atoms with E-state index >= 15 is 0 Å². The minimum atomic E-state index is -0.907. The number of carbonyl (C=O) groups is 4. The molecule has 0 aromatic rings. The molecule has 0 aromatic carbocycles. The Morgan fingerprint density at radius 1 is 1.42 bits per heavy atom. The summed E-state index contributed by atoms with van der Waals surface area (Å²) in [5, 5.41) is 4.85. The van der Waals surface area contributed by atoms with Crippen LogP contribution in [-0.4, -0.2) is 40.7 Å². The quantitative estimate of drug-likeness (QED) is 0.687. The van der Waals surface area contributed by atoms with Crippen LogP contribution < -0.4 is 10.6 Å². The van der Waals surface area contributed by atoms with Gasteiger partial charge >= 0.3 is 6.03 Å². The molecule has 7 heteroatoms. The molecule has 1 saturated carbocycles. The Balaban J connectivity index is 2.11. The molecule has 1 aliphatic heterocycles. The van der Waals surface area contributed by atoms with E-state index in [-0.39, 0.29) is 11.9 Å². The van der Waals surface area contributed by atoms with E-state index in [1.165, 1.54) is 6.92 Å². The highest BCUT2D eigenvalue weighted by atomic mass is 16.2. The summed E-state index contributed by atoms with van der Waals surface area (Å²) in [6.45, 7) is 3.17. The normalized spacial score (nSPS) is 25.1. The number of nitrogens with zero attached hydrogens (tertiary/aromatic N) is 1. The van der Waals surface area contributed by atoms with E-state index in [0.717, 1.165) is 17.7 Å². The third-order valence-corrected chi connectivity index (χ3v) is 3.40. The average molecular weight is 267 g/mol. The average Bonchev–Trinajstić information content (AvgIpc) is 3.12. The lowest BCUT2D eigenvalue weighted by molar-refractivity contribution is -0.147. The lowest BCUT2D eigenvalue weighted by atomic mass is 10.0. The molecule has 2 aliphatic rings. The van der Waals surface area contributed by atoms with Crippen LogP contribution in [0.2, 0.25) is 0 Å². The minimum Gasteiger partial charge on any atom is -0.352 e. The number of amides is 5. The summed E-state index contributed by atoms with van der Waals surface area (Å²) >= 11 is 0. The largest absolute Gasteiger partial charge is 0.352 e. The van der Waals surface area contributed by atoms with Crippen LogP contribution in [-0.2, 0) is 14.4 Å². The maximum absolute atomic E-state index is 12.1. The first-order valence-electron chi connectivity index (χ1n) is 6.44. The number of hydrogen-bond acceptors (Lipinski definition) is 4. The van der Waals surface area contributed by atoms with Gasteiger partial charge in [-0.25, -0.2) is 4.79 Å². The van der Waals surface area contributed by atoms with Gasteiger partial charge in [-0.15, -0.1) is 0 Å². The van der Waals surface area contributed by atoms with Gasteiger partial charge in [0.15, 0.2) is 0 Å². The fraction of sp³-hybridized carbons (Fsp3) is 0.667. The van der Waals surface area contributed by atoms with Gasteiger partial charge in [-0.3, -0.25) is 24.6 Å². The predicted molar refractivity (Wildman–Crippen MR) is 64.8 cm³/mol. The smallest absolute Gasteiger partial charge is 0.331 e. The van der Waals surface area contributed by atoms with Gasteiger partial charge in [-0.1, -0.05) is 6.92 Å². The molecule has 104 valence electrons. The molecule has 0 bridgehead atoms. The van der Waals surface area contributed by atoms with Crippen molar-refractivity contribution in [2.75, 3.05) is 0 Å². The standard InChI is InChI=1S/C12H17N3O4/c1-3-8-10(17)14-12(19)15(11(8)18)6(2)9(16)13-7-4-5-7/h6-8H,3-5H2,1-2H3,(H,13,16)(H,14,17,19). The van der Waals surface area contributed by atoms with Crippen molar-refractivity contribution in [3.8, 4) is 0 Å². The highest BCUT2D eigenvalue weighted by Gasteiger charge is 2.43. The van der Waals surface area contributed by atoms with Gasteiger partial charge in [0.1, 0.15) is 12.0 Å². The summed E-state index contributed by atoms with van der Waals surface area (Å²) < 4.78 is 0. The molecule has 1 heterocycles. The zero-order chi connectivity index (χ0) is 14.2. The maximum atomic E-state index is 12.1. The molecule has 1 saturated heterocycles. The van der Waals surface area contributed by atoms with Crippen molar-refractivity contribution >= 4 is 23.8 Å². The van der Waals surface area contributed by atoms with E-state index in [9.17, 15) is 19.2 Å². The van der Waals surface area contributed by atoms with Crippen molar-refractivity contribution in [1.29, 1.82) is 0 Å². The Hall–Kier alpha value is -1.92. The van der Waals surface area contributed by atoms with Gasteiger partial charge in [0.25, 0.3) is 0 Å². The molecular weight excluding hydrogens is 250 g/mol. The van der Waals surface area contributed by atoms with Crippen LogP contribution in [0.5, 0.6) is 0 Å². The van der Waals surface area contributed by atoms with Crippen molar-refractivity contribution in [2.24, 2.45) is 5.92 Å². The van der Waals surface area contributed by atoms with Gasteiger partial charge in [0.2, 0.25) is 17.7 Å². The highest BCUT2D eigenvalue weighted by Crippen LogP contribution is 2.20. The Kier molecular flexibility index (Phi) is 3.55. The second kappa shape index (κ2) is 4.99. The van der Waals surface area contributed by atoms with E-state index in [4.69, 9.17) is 0 Å². The Labute approximate surface area is 110 Å². The van der Waals surface area contributed by atoms with E-state index in [0.29, 0.717) is 6.42 Å². The van der Waals surface area contributed by atoms with Crippen LogP contribution in [0.25, 0.3) is 0 Å². The van der Waals surface area contributed by atoms with Crippen molar-refractivity contribution in [3.05, 3.63) is 0 Å². The number of nitrogens with one attached hydrogen (secondary N) is 2. The molecule has 2 fully saturated rings. The third kappa shape index (κ3) is 2.59. The van der Waals surface area contributed by atoms with Crippen LogP contribution in [0.15, 0.2) is 0 Å². The van der Waals surface area contributed by atoms with Crippen molar-refractivity contribution in [1.82, 2.24) is 15.5 Å². The van der Waals surface area contributed by atoms with E-state index in [1.54, 1.807) is 6.92 Å². The molecular formula is C12H17N3O4. The second-order valence-corrected chi connectivity index (χ2v) is 4.92. The Morgan fingerprint density at radius 3 is 2.58 bits per heavy atom. The number of urea groups is 1. The molecule has 2 unspecified atom stereocenters. The van der Waals surface area contributed by atoms with Crippen molar-refractivity contribution < 1.29 is 19.2 Å². The molecule has 2 N–H and O–H groups in total. The molecule has 2 atom stereocenters. The summed E-state index contributed by atoms with van der Waals surface area (Å²) in [6, 6.07) is -1.57. The zero-order valence-corrected chi connectivity index (χ0v) is 10.9. The molecule has 1 aliphatic carbocycles. The molecule has 19 heavy (non-hydrogen) atoms. The Bertz CT molecular complexity index is 444. The summed E-state index contributed by atoms with van der Waals surface area (Å²) in [6.07, 6.45) is 2.15. The SMILES string of the molecule is CCC1C(=O)NC(=O)N(C(C)C(=O)NC2CC2)C1=O.